The van der Waals surface area contributed by atoms with E-state index in [1.807, 2.05) is 0 Å². The molecule has 110 valence electrons. The summed E-state index contributed by atoms with van der Waals surface area (Å²) in [5, 5.41) is 0.792. The van der Waals surface area contributed by atoms with Crippen LogP contribution >= 0.6 is 11.6 Å². The summed E-state index contributed by atoms with van der Waals surface area (Å²) in [6.07, 6.45) is -9.04. The third-order valence-electron chi connectivity index (χ3n) is 2.50. The van der Waals surface area contributed by atoms with Gasteiger partial charge in [-0.25, -0.2) is 9.79 Å². The molecule has 2 aliphatic rings. The Morgan fingerprint density at radius 1 is 1.15 bits per heavy atom. The molecule has 0 aromatic heterocycles. The van der Waals surface area contributed by atoms with E-state index in [0.29, 0.717) is 4.90 Å². The molecule has 0 saturated heterocycles. The molecule has 1 N–H and O–H groups in total. The van der Waals surface area contributed by atoms with Crippen LogP contribution in [0, 0.1) is 0 Å². The fourth-order valence-corrected chi connectivity index (χ4v) is 1.73. The maximum absolute atomic E-state index is 12.8. The second-order valence-electron chi connectivity index (χ2n) is 3.82. The Bertz CT molecular complexity index is 533. The van der Waals surface area contributed by atoms with Gasteiger partial charge in [0, 0.05) is 6.20 Å². The predicted octanol–water partition coefficient (Wildman–Crippen LogP) is 2.88. The van der Waals surface area contributed by atoms with E-state index in [4.69, 9.17) is 11.6 Å². The maximum atomic E-state index is 12.8. The molecule has 4 nitrogen and oxygen atoms in total. The number of amides is 2. The Balaban J connectivity index is 2.62. The van der Waals surface area contributed by atoms with Crippen molar-refractivity contribution in [2.24, 2.45) is 4.99 Å². The minimum absolute atomic E-state index is 0.0504. The molecule has 2 rings (SSSR count). The van der Waals surface area contributed by atoms with E-state index in [0.717, 1.165) is 23.7 Å². The van der Waals surface area contributed by atoms with Gasteiger partial charge in [0.1, 0.15) is 5.84 Å². The molecule has 0 atom stereocenters. The summed E-state index contributed by atoms with van der Waals surface area (Å²) in [5.41, 5.74) is -4.68. The number of aliphatic imine (C=N–C) groups is 1. The lowest BCUT2D eigenvalue weighted by Crippen LogP contribution is -2.71. The normalized spacial score (nSPS) is 21.9. The molecule has 20 heavy (non-hydrogen) atoms. The van der Waals surface area contributed by atoms with E-state index in [1.165, 1.54) is 0 Å². The number of hydrogen-bond donors (Lipinski definition) is 1. The average molecular weight is 320 g/mol. The third kappa shape index (κ3) is 2.03. The van der Waals surface area contributed by atoms with Crippen molar-refractivity contribution in [1.82, 2.24) is 10.2 Å². The topological polar surface area (TPSA) is 44.7 Å². The number of hydrogen-bond acceptors (Lipinski definition) is 2. The number of allylic oxidation sites excluding steroid dienone is 2. The Labute approximate surface area is 112 Å². The van der Waals surface area contributed by atoms with Gasteiger partial charge in [-0.2, -0.15) is 26.3 Å². The smallest absolute Gasteiger partial charge is 0.297 e. The number of amidine groups is 1. The monoisotopic (exact) mass is 319 g/mol. The van der Waals surface area contributed by atoms with Crippen molar-refractivity contribution < 1.29 is 31.1 Å². The second-order valence-corrected chi connectivity index (χ2v) is 4.26. The summed E-state index contributed by atoms with van der Waals surface area (Å²) in [5.74, 6) is -0.812. The van der Waals surface area contributed by atoms with Gasteiger partial charge in [0.2, 0.25) is 0 Å². The maximum Gasteiger partial charge on any atom is 0.441 e. The van der Waals surface area contributed by atoms with Crippen LogP contribution < -0.4 is 5.32 Å². The molecule has 0 radical (unpaired) electrons. The Morgan fingerprint density at radius 3 is 2.20 bits per heavy atom. The molecule has 2 aliphatic heterocycles. The van der Waals surface area contributed by atoms with Crippen LogP contribution in [0.5, 0.6) is 0 Å². The minimum Gasteiger partial charge on any atom is -0.297 e. The van der Waals surface area contributed by atoms with E-state index < -0.39 is 29.9 Å². The van der Waals surface area contributed by atoms with Gasteiger partial charge in [-0.1, -0.05) is 11.6 Å². The van der Waals surface area contributed by atoms with Crippen LogP contribution in [-0.4, -0.2) is 34.8 Å². The van der Waals surface area contributed by atoms with Crippen LogP contribution in [0.4, 0.5) is 31.1 Å². The van der Waals surface area contributed by atoms with Gasteiger partial charge >= 0.3 is 24.0 Å². The molecule has 0 fully saturated rings. The van der Waals surface area contributed by atoms with Gasteiger partial charge in [-0.3, -0.25) is 10.2 Å². The molecule has 0 aliphatic carbocycles. The van der Waals surface area contributed by atoms with Crippen LogP contribution in [-0.2, 0) is 0 Å². The summed E-state index contributed by atoms with van der Waals surface area (Å²) >= 11 is 5.51. The predicted molar refractivity (Wildman–Crippen MR) is 55.7 cm³/mol. The molecule has 0 aromatic rings. The molecular formula is C9H4ClF6N3O. The molecule has 0 spiro atoms. The summed E-state index contributed by atoms with van der Waals surface area (Å²) in [6.45, 7) is 0. The zero-order chi connectivity index (χ0) is 15.3. The molecule has 0 saturated carbocycles. The van der Waals surface area contributed by atoms with E-state index in [-0.39, 0.29) is 5.03 Å². The number of fused-ring (bicyclic) bond motifs is 1. The van der Waals surface area contributed by atoms with Crippen molar-refractivity contribution in [2.45, 2.75) is 18.0 Å². The first-order chi connectivity index (χ1) is 8.98. The standard InChI is InChI=1S/C9H4ClF6N3O/c10-4-1-2-5-17-7(8(11,12)13,9(14,15)16)18-6(20)19(5)3-4/h1-3H,(H,18,20). The molecule has 0 bridgehead atoms. The van der Waals surface area contributed by atoms with Crippen molar-refractivity contribution >= 4 is 23.5 Å². The number of nitrogens with zero attached hydrogens (tertiary/aromatic N) is 2. The minimum atomic E-state index is -5.85. The first-order valence-electron chi connectivity index (χ1n) is 4.88. The highest BCUT2D eigenvalue weighted by Crippen LogP contribution is 2.45. The number of halogens is 7. The largest absolute Gasteiger partial charge is 0.441 e. The third-order valence-corrected chi connectivity index (χ3v) is 2.72. The lowest BCUT2D eigenvalue weighted by molar-refractivity contribution is -0.302. The Morgan fingerprint density at radius 2 is 1.70 bits per heavy atom. The van der Waals surface area contributed by atoms with E-state index in [2.05, 4.69) is 4.99 Å². The van der Waals surface area contributed by atoms with E-state index >= 15 is 0 Å². The highest BCUT2D eigenvalue weighted by atomic mass is 35.5. The summed E-state index contributed by atoms with van der Waals surface area (Å²) < 4.78 is 76.7. The zero-order valence-corrected chi connectivity index (χ0v) is 9.94. The van der Waals surface area contributed by atoms with Crippen LogP contribution in [0.1, 0.15) is 0 Å². The van der Waals surface area contributed by atoms with Gasteiger partial charge in [-0.05, 0) is 12.2 Å². The van der Waals surface area contributed by atoms with Gasteiger partial charge in [0.15, 0.2) is 0 Å². The van der Waals surface area contributed by atoms with Gasteiger partial charge in [0.05, 0.1) is 5.03 Å². The first kappa shape index (κ1) is 14.7. The van der Waals surface area contributed by atoms with Crippen LogP contribution in [0.15, 0.2) is 28.4 Å². The Hall–Kier alpha value is -1.71. The van der Waals surface area contributed by atoms with Crippen LogP contribution in [0.2, 0.25) is 0 Å². The van der Waals surface area contributed by atoms with Crippen molar-refractivity contribution in [2.75, 3.05) is 0 Å². The Kier molecular flexibility index (Phi) is 3.04. The SMILES string of the molecule is O=C1NC(C(F)(F)F)(C(F)(F)F)N=C2C=CC(Cl)=CN12. The summed E-state index contributed by atoms with van der Waals surface area (Å²) in [7, 11) is 0. The number of carbonyl (C=O) groups is 1. The second kappa shape index (κ2) is 4.14. The highest BCUT2D eigenvalue weighted by Gasteiger charge is 2.74. The number of rotatable bonds is 0. The van der Waals surface area contributed by atoms with Crippen molar-refractivity contribution in [3.05, 3.63) is 23.4 Å². The molecule has 11 heteroatoms. The van der Waals surface area contributed by atoms with Crippen molar-refractivity contribution in [3.63, 3.8) is 0 Å². The number of alkyl halides is 6. The lowest BCUT2D eigenvalue weighted by Gasteiger charge is -2.40. The van der Waals surface area contributed by atoms with E-state index in [1.54, 1.807) is 0 Å². The molecule has 2 heterocycles. The highest BCUT2D eigenvalue weighted by molar-refractivity contribution is 6.32. The van der Waals surface area contributed by atoms with Crippen molar-refractivity contribution in [1.29, 1.82) is 0 Å². The number of urea groups is 1. The molecule has 0 unspecified atom stereocenters. The quantitative estimate of drug-likeness (QED) is 0.686. The molecule has 0 aromatic carbocycles. The molecule has 2 amide bonds. The fraction of sp³-hybridized carbons (Fsp3) is 0.333. The first-order valence-corrected chi connectivity index (χ1v) is 5.26. The summed E-state index contributed by atoms with van der Waals surface area (Å²) in [4.78, 5) is 14.6. The lowest BCUT2D eigenvalue weighted by atomic mass is 10.1. The molecular weight excluding hydrogens is 316 g/mol. The number of carbonyl (C=O) groups excluding carboxylic acids is 1. The van der Waals surface area contributed by atoms with E-state index in [9.17, 15) is 31.1 Å². The number of nitrogens with one attached hydrogen (secondary N) is 1. The average Bonchev–Trinajstić information content (AvgIpc) is 2.26. The van der Waals surface area contributed by atoms with Gasteiger partial charge in [-0.15, -0.1) is 0 Å². The van der Waals surface area contributed by atoms with Crippen LogP contribution in [0.3, 0.4) is 0 Å². The van der Waals surface area contributed by atoms with Gasteiger partial charge in [0.25, 0.3) is 0 Å². The van der Waals surface area contributed by atoms with Crippen molar-refractivity contribution in [3.8, 4) is 0 Å². The zero-order valence-electron chi connectivity index (χ0n) is 9.18. The van der Waals surface area contributed by atoms with Gasteiger partial charge < -0.3 is 0 Å². The summed E-state index contributed by atoms with van der Waals surface area (Å²) in [6, 6.07) is -1.63. The fourth-order valence-electron chi connectivity index (χ4n) is 1.56. The van der Waals surface area contributed by atoms with Crippen LogP contribution in [0.25, 0.3) is 0 Å².